The molecule has 0 unspecified atom stereocenters. The molecule has 3 aromatic rings. The van der Waals surface area contributed by atoms with E-state index in [9.17, 15) is 13.2 Å². The van der Waals surface area contributed by atoms with E-state index in [1.54, 1.807) is 18.5 Å². The van der Waals surface area contributed by atoms with Crippen molar-refractivity contribution in [2.45, 2.75) is 18.6 Å². The van der Waals surface area contributed by atoms with Crippen LogP contribution in [0.25, 0.3) is 21.9 Å². The van der Waals surface area contributed by atoms with Gasteiger partial charge in [0.25, 0.3) is 0 Å². The Bertz CT molecular complexity index is 1000. The second-order valence-electron chi connectivity index (χ2n) is 6.33. The van der Waals surface area contributed by atoms with Gasteiger partial charge < -0.3 is 15.2 Å². The smallest absolute Gasteiger partial charge is 0.369 e. The lowest BCUT2D eigenvalue weighted by atomic mass is 10.1. The van der Waals surface area contributed by atoms with Crippen molar-refractivity contribution in [2.75, 3.05) is 24.5 Å². The van der Waals surface area contributed by atoms with Crippen molar-refractivity contribution in [2.24, 2.45) is 0 Å². The third-order valence-corrected chi connectivity index (χ3v) is 4.59. The molecule has 0 aromatic carbocycles. The summed E-state index contributed by atoms with van der Waals surface area (Å²) in [6.07, 6.45) is -0.318. The Balaban J connectivity index is 1.68. The average molecular weight is 360 g/mol. The Hall–Kier alpha value is -2.86. The van der Waals surface area contributed by atoms with Crippen molar-refractivity contribution in [3.63, 3.8) is 0 Å². The van der Waals surface area contributed by atoms with Crippen LogP contribution in [0.15, 0.2) is 24.5 Å². The Kier molecular flexibility index (Phi) is 3.92. The van der Waals surface area contributed by atoms with Crippen molar-refractivity contribution in [1.29, 1.82) is 5.26 Å². The SMILES string of the molecule is N#Cc1cc2c(cn1)[nH]c1nccc(N3CC[C@H](NCC(F)(F)F)C3)c12. The van der Waals surface area contributed by atoms with Gasteiger partial charge in [0.1, 0.15) is 17.4 Å². The van der Waals surface area contributed by atoms with E-state index in [2.05, 4.69) is 25.2 Å². The van der Waals surface area contributed by atoms with Crippen LogP contribution < -0.4 is 10.2 Å². The highest BCUT2D eigenvalue weighted by molar-refractivity contribution is 6.12. The predicted molar refractivity (Wildman–Crippen MR) is 90.8 cm³/mol. The number of pyridine rings is 2. The van der Waals surface area contributed by atoms with E-state index in [1.807, 2.05) is 12.1 Å². The number of fused-ring (bicyclic) bond motifs is 3. The number of anilines is 1. The van der Waals surface area contributed by atoms with Crippen molar-refractivity contribution in [3.05, 3.63) is 30.2 Å². The van der Waals surface area contributed by atoms with E-state index in [0.717, 1.165) is 22.0 Å². The first kappa shape index (κ1) is 16.6. The van der Waals surface area contributed by atoms with Gasteiger partial charge in [0.15, 0.2) is 0 Å². The van der Waals surface area contributed by atoms with Crippen LogP contribution in [-0.2, 0) is 0 Å². The Morgan fingerprint density at radius 2 is 2.23 bits per heavy atom. The second-order valence-corrected chi connectivity index (χ2v) is 6.33. The molecule has 4 rings (SSSR count). The molecule has 1 aliphatic rings. The standard InChI is InChI=1S/C17H15F3N6/c18-17(19,20)9-24-10-2-4-26(8-10)14-1-3-22-16-15(14)12-5-11(6-21)23-7-13(12)25-16/h1,3,5,7,10,24H,2,4,8-9H2,(H,22,25)/t10-/m0/s1. The van der Waals surface area contributed by atoms with Gasteiger partial charge in [0.2, 0.25) is 0 Å². The van der Waals surface area contributed by atoms with Crippen LogP contribution in [0, 0.1) is 11.3 Å². The molecule has 0 spiro atoms. The highest BCUT2D eigenvalue weighted by Crippen LogP contribution is 2.34. The van der Waals surface area contributed by atoms with Gasteiger partial charge in [-0.05, 0) is 18.6 Å². The van der Waals surface area contributed by atoms with E-state index < -0.39 is 12.7 Å². The Labute approximate surface area is 146 Å². The molecule has 4 heterocycles. The molecule has 0 saturated carbocycles. The van der Waals surface area contributed by atoms with Gasteiger partial charge in [-0.3, -0.25) is 0 Å². The number of hydrogen-bond acceptors (Lipinski definition) is 5. The number of nitrogens with zero attached hydrogens (tertiary/aromatic N) is 4. The van der Waals surface area contributed by atoms with E-state index >= 15 is 0 Å². The maximum absolute atomic E-state index is 12.4. The summed E-state index contributed by atoms with van der Waals surface area (Å²) in [5.41, 5.74) is 2.64. The fraction of sp³-hybridized carbons (Fsp3) is 0.353. The highest BCUT2D eigenvalue weighted by Gasteiger charge is 2.31. The van der Waals surface area contributed by atoms with Crippen LogP contribution in [0.1, 0.15) is 12.1 Å². The zero-order valence-corrected chi connectivity index (χ0v) is 13.6. The fourth-order valence-corrected chi connectivity index (χ4v) is 3.43. The van der Waals surface area contributed by atoms with Gasteiger partial charge in [-0.15, -0.1) is 0 Å². The summed E-state index contributed by atoms with van der Waals surface area (Å²) in [6, 6.07) is 5.36. The van der Waals surface area contributed by atoms with E-state index in [1.165, 1.54) is 0 Å². The number of nitrogens with one attached hydrogen (secondary N) is 2. The summed E-state index contributed by atoms with van der Waals surface area (Å²) >= 11 is 0. The number of aromatic nitrogens is 3. The minimum absolute atomic E-state index is 0.221. The summed E-state index contributed by atoms with van der Waals surface area (Å²) in [6.45, 7) is 0.150. The molecule has 1 saturated heterocycles. The maximum Gasteiger partial charge on any atom is 0.401 e. The third kappa shape index (κ3) is 3.04. The molecule has 1 fully saturated rings. The summed E-state index contributed by atoms with van der Waals surface area (Å²) in [4.78, 5) is 13.6. The van der Waals surface area contributed by atoms with E-state index in [-0.39, 0.29) is 6.04 Å². The van der Waals surface area contributed by atoms with Crippen LogP contribution >= 0.6 is 0 Å². The maximum atomic E-state index is 12.4. The Morgan fingerprint density at radius 3 is 3.00 bits per heavy atom. The second kappa shape index (κ2) is 6.14. The van der Waals surface area contributed by atoms with Gasteiger partial charge in [-0.2, -0.15) is 18.4 Å². The van der Waals surface area contributed by atoms with Crippen LogP contribution in [0.4, 0.5) is 18.9 Å². The highest BCUT2D eigenvalue weighted by atomic mass is 19.4. The first-order valence-corrected chi connectivity index (χ1v) is 8.16. The number of aromatic amines is 1. The zero-order chi connectivity index (χ0) is 18.3. The van der Waals surface area contributed by atoms with E-state index in [4.69, 9.17) is 5.26 Å². The Morgan fingerprint density at radius 1 is 1.38 bits per heavy atom. The zero-order valence-electron chi connectivity index (χ0n) is 13.6. The molecule has 26 heavy (non-hydrogen) atoms. The first-order valence-electron chi connectivity index (χ1n) is 8.16. The summed E-state index contributed by atoms with van der Waals surface area (Å²) < 4.78 is 37.3. The first-order chi connectivity index (χ1) is 12.4. The van der Waals surface area contributed by atoms with Gasteiger partial charge in [0.05, 0.1) is 23.6 Å². The van der Waals surface area contributed by atoms with Gasteiger partial charge in [-0.1, -0.05) is 0 Å². The van der Waals surface area contributed by atoms with Crippen LogP contribution in [-0.4, -0.2) is 46.8 Å². The predicted octanol–water partition coefficient (Wildman–Crippen LogP) is 2.71. The molecule has 1 atom stereocenters. The number of H-pyrrole nitrogens is 1. The molecular weight excluding hydrogens is 345 g/mol. The monoisotopic (exact) mass is 360 g/mol. The lowest BCUT2D eigenvalue weighted by molar-refractivity contribution is -0.125. The number of rotatable bonds is 3. The minimum atomic E-state index is -4.21. The molecule has 9 heteroatoms. The molecule has 0 radical (unpaired) electrons. The number of nitriles is 1. The lowest BCUT2D eigenvalue weighted by Gasteiger charge is -2.20. The minimum Gasteiger partial charge on any atom is -0.369 e. The van der Waals surface area contributed by atoms with Crippen LogP contribution in [0.2, 0.25) is 0 Å². The van der Waals surface area contributed by atoms with Crippen molar-refractivity contribution in [3.8, 4) is 6.07 Å². The molecule has 134 valence electrons. The summed E-state index contributed by atoms with van der Waals surface area (Å²) in [7, 11) is 0. The van der Waals surface area contributed by atoms with Crippen molar-refractivity contribution >= 4 is 27.6 Å². The van der Waals surface area contributed by atoms with Crippen LogP contribution in [0.5, 0.6) is 0 Å². The normalized spacial score (nSPS) is 17.9. The molecule has 1 aliphatic heterocycles. The number of halogens is 3. The van der Waals surface area contributed by atoms with Gasteiger partial charge >= 0.3 is 6.18 Å². The number of alkyl halides is 3. The number of hydrogen-bond donors (Lipinski definition) is 2. The average Bonchev–Trinajstić information content (AvgIpc) is 3.23. The largest absolute Gasteiger partial charge is 0.401 e. The summed E-state index contributed by atoms with van der Waals surface area (Å²) in [5, 5.41) is 13.4. The quantitative estimate of drug-likeness (QED) is 0.751. The fourth-order valence-electron chi connectivity index (χ4n) is 3.43. The van der Waals surface area contributed by atoms with Gasteiger partial charge in [-0.25, -0.2) is 9.97 Å². The summed E-state index contributed by atoms with van der Waals surface area (Å²) in [5.74, 6) is 0. The molecular formula is C17H15F3N6. The third-order valence-electron chi connectivity index (χ3n) is 4.59. The molecule has 3 aromatic heterocycles. The molecule has 0 amide bonds. The van der Waals surface area contributed by atoms with Crippen LogP contribution in [0.3, 0.4) is 0 Å². The van der Waals surface area contributed by atoms with E-state index in [0.29, 0.717) is 30.9 Å². The van der Waals surface area contributed by atoms with Crippen molar-refractivity contribution < 1.29 is 13.2 Å². The molecule has 2 N–H and O–H groups in total. The topological polar surface area (TPSA) is 80.6 Å². The molecule has 0 aliphatic carbocycles. The lowest BCUT2D eigenvalue weighted by Crippen LogP contribution is -2.38. The molecule has 0 bridgehead atoms. The van der Waals surface area contributed by atoms with Crippen molar-refractivity contribution in [1.82, 2.24) is 20.3 Å². The van der Waals surface area contributed by atoms with Gasteiger partial charge in [0, 0.05) is 36.4 Å². The molecule has 6 nitrogen and oxygen atoms in total.